The molecule has 114 valence electrons. The summed E-state index contributed by atoms with van der Waals surface area (Å²) >= 11 is 6.18. The number of carbonyl (C=O) groups excluding carboxylic acids is 1. The van der Waals surface area contributed by atoms with Crippen molar-refractivity contribution in [3.8, 4) is 17.6 Å². The number of amides is 1. The molecule has 0 unspecified atom stereocenters. The smallest absolute Gasteiger partial charge is 0.238 e. The molecule has 23 heavy (non-hydrogen) atoms. The fraction of sp³-hybridized carbons (Fsp3) is 0.0625. The Balaban J connectivity index is 1.83. The summed E-state index contributed by atoms with van der Waals surface area (Å²) in [6.45, 7) is 0. The van der Waals surface area contributed by atoms with Crippen LogP contribution in [0, 0.1) is 11.3 Å². The van der Waals surface area contributed by atoms with Crippen LogP contribution in [0.3, 0.4) is 0 Å². The number of fused-ring (bicyclic) bond motifs is 1. The quantitative estimate of drug-likeness (QED) is 0.778. The number of benzene rings is 2. The van der Waals surface area contributed by atoms with Crippen LogP contribution in [0.1, 0.15) is 6.42 Å². The molecule has 6 nitrogen and oxygen atoms in total. The largest absolute Gasteiger partial charge is 0.453 e. The lowest BCUT2D eigenvalue weighted by atomic mass is 10.2. The molecular formula is C16H10ClN3O3. The predicted molar refractivity (Wildman–Crippen MR) is 84.4 cm³/mol. The van der Waals surface area contributed by atoms with E-state index in [-0.39, 0.29) is 6.42 Å². The van der Waals surface area contributed by atoms with Crippen LogP contribution in [0.5, 0.6) is 11.5 Å². The Morgan fingerprint density at radius 2 is 2.22 bits per heavy atom. The summed E-state index contributed by atoms with van der Waals surface area (Å²) in [6, 6.07) is 11.9. The maximum atomic E-state index is 11.4. The first-order chi connectivity index (χ1) is 11.2. The number of aromatic nitrogens is 1. The highest BCUT2D eigenvalue weighted by Gasteiger charge is 2.10. The Kier molecular flexibility index (Phi) is 4.13. The monoisotopic (exact) mass is 327 g/mol. The van der Waals surface area contributed by atoms with Crippen LogP contribution in [-0.4, -0.2) is 10.9 Å². The zero-order chi connectivity index (χ0) is 16.2. The third kappa shape index (κ3) is 3.25. The Morgan fingerprint density at radius 1 is 1.35 bits per heavy atom. The van der Waals surface area contributed by atoms with Gasteiger partial charge < -0.3 is 14.5 Å². The van der Waals surface area contributed by atoms with Crippen LogP contribution in [0.15, 0.2) is 47.2 Å². The number of nitriles is 1. The van der Waals surface area contributed by atoms with Crippen molar-refractivity contribution in [2.24, 2.45) is 0 Å². The van der Waals surface area contributed by atoms with E-state index in [9.17, 15) is 4.79 Å². The molecule has 0 spiro atoms. The second-order valence-electron chi connectivity index (χ2n) is 4.59. The maximum Gasteiger partial charge on any atom is 0.238 e. The molecule has 2 aromatic carbocycles. The molecule has 3 aromatic rings. The standard InChI is InChI=1S/C16H10ClN3O3/c17-11-8-10(20-15(21)6-7-18)4-5-12(11)23-14-3-1-2-13-16(14)19-9-22-13/h1-5,8-9H,6H2,(H,20,21). The molecule has 1 heterocycles. The average Bonchev–Trinajstić information content (AvgIpc) is 2.99. The van der Waals surface area contributed by atoms with Gasteiger partial charge >= 0.3 is 0 Å². The molecule has 0 bridgehead atoms. The van der Waals surface area contributed by atoms with Crippen molar-refractivity contribution in [2.45, 2.75) is 6.42 Å². The minimum atomic E-state index is -0.399. The van der Waals surface area contributed by atoms with Crippen LogP contribution >= 0.6 is 11.6 Å². The van der Waals surface area contributed by atoms with E-state index in [1.54, 1.807) is 42.5 Å². The lowest BCUT2D eigenvalue weighted by Crippen LogP contribution is -2.09. The minimum absolute atomic E-state index is 0.218. The fourth-order valence-corrected chi connectivity index (χ4v) is 2.22. The first kappa shape index (κ1) is 14.9. The predicted octanol–water partition coefficient (Wildman–Crippen LogP) is 4.13. The molecule has 0 aliphatic rings. The van der Waals surface area contributed by atoms with E-state index in [4.69, 9.17) is 26.0 Å². The normalized spacial score (nSPS) is 10.3. The molecule has 0 saturated heterocycles. The summed E-state index contributed by atoms with van der Waals surface area (Å²) in [5.41, 5.74) is 1.69. The van der Waals surface area contributed by atoms with Crippen LogP contribution in [0.4, 0.5) is 5.69 Å². The van der Waals surface area contributed by atoms with E-state index in [0.29, 0.717) is 33.3 Å². The highest BCUT2D eigenvalue weighted by atomic mass is 35.5. The van der Waals surface area contributed by atoms with Gasteiger partial charge in [0.25, 0.3) is 0 Å². The lowest BCUT2D eigenvalue weighted by Gasteiger charge is -2.10. The fourth-order valence-electron chi connectivity index (χ4n) is 2.00. The van der Waals surface area contributed by atoms with E-state index in [1.807, 2.05) is 0 Å². The second kappa shape index (κ2) is 6.38. The summed E-state index contributed by atoms with van der Waals surface area (Å²) in [5.74, 6) is 0.532. The molecule has 1 aromatic heterocycles. The van der Waals surface area contributed by atoms with Gasteiger partial charge in [0.05, 0.1) is 11.1 Å². The molecule has 0 radical (unpaired) electrons. The van der Waals surface area contributed by atoms with E-state index in [2.05, 4.69) is 10.3 Å². The van der Waals surface area contributed by atoms with Crippen LogP contribution in [0.25, 0.3) is 11.1 Å². The second-order valence-corrected chi connectivity index (χ2v) is 4.99. The molecular weight excluding hydrogens is 318 g/mol. The number of para-hydroxylation sites is 1. The van der Waals surface area contributed by atoms with Gasteiger partial charge in [-0.25, -0.2) is 4.98 Å². The molecule has 0 aliphatic carbocycles. The summed E-state index contributed by atoms with van der Waals surface area (Å²) in [4.78, 5) is 15.5. The van der Waals surface area contributed by atoms with Gasteiger partial charge in [-0.2, -0.15) is 5.26 Å². The first-order valence-electron chi connectivity index (χ1n) is 6.64. The Morgan fingerprint density at radius 3 is 3.00 bits per heavy atom. The Labute approximate surface area is 136 Å². The number of ether oxygens (including phenoxy) is 1. The number of carbonyl (C=O) groups is 1. The van der Waals surface area contributed by atoms with Gasteiger partial charge in [0, 0.05) is 5.69 Å². The van der Waals surface area contributed by atoms with Crippen molar-refractivity contribution in [3.63, 3.8) is 0 Å². The molecule has 0 aliphatic heterocycles. The number of nitrogens with one attached hydrogen (secondary N) is 1. The number of oxazole rings is 1. The topological polar surface area (TPSA) is 88.2 Å². The van der Waals surface area contributed by atoms with Crippen molar-refractivity contribution in [3.05, 3.63) is 47.8 Å². The highest BCUT2D eigenvalue weighted by Crippen LogP contribution is 2.34. The van der Waals surface area contributed by atoms with Crippen molar-refractivity contribution < 1.29 is 13.9 Å². The summed E-state index contributed by atoms with van der Waals surface area (Å²) in [5, 5.41) is 11.4. The Bertz CT molecular complexity index is 914. The zero-order valence-electron chi connectivity index (χ0n) is 11.7. The molecule has 0 saturated carbocycles. The van der Waals surface area contributed by atoms with Crippen LogP contribution in [-0.2, 0) is 4.79 Å². The first-order valence-corrected chi connectivity index (χ1v) is 7.01. The average molecular weight is 328 g/mol. The Hall–Kier alpha value is -3.04. The molecule has 0 fully saturated rings. The molecule has 7 heteroatoms. The number of rotatable bonds is 4. The van der Waals surface area contributed by atoms with Gasteiger partial charge in [-0.3, -0.25) is 4.79 Å². The third-order valence-corrected chi connectivity index (χ3v) is 3.29. The van der Waals surface area contributed by atoms with Gasteiger partial charge in [-0.15, -0.1) is 0 Å². The van der Waals surface area contributed by atoms with E-state index in [0.717, 1.165) is 0 Å². The van der Waals surface area contributed by atoms with Crippen LogP contribution < -0.4 is 10.1 Å². The van der Waals surface area contributed by atoms with Gasteiger partial charge in [0.15, 0.2) is 23.2 Å². The lowest BCUT2D eigenvalue weighted by molar-refractivity contribution is -0.115. The van der Waals surface area contributed by atoms with Crippen molar-refractivity contribution in [1.29, 1.82) is 5.26 Å². The zero-order valence-corrected chi connectivity index (χ0v) is 12.5. The van der Waals surface area contributed by atoms with E-state index < -0.39 is 5.91 Å². The number of nitrogens with zero attached hydrogens (tertiary/aromatic N) is 2. The highest BCUT2D eigenvalue weighted by molar-refractivity contribution is 6.32. The van der Waals surface area contributed by atoms with Gasteiger partial charge in [-0.05, 0) is 30.3 Å². The number of hydrogen-bond acceptors (Lipinski definition) is 5. The third-order valence-electron chi connectivity index (χ3n) is 3.00. The molecule has 0 atom stereocenters. The SMILES string of the molecule is N#CCC(=O)Nc1ccc(Oc2cccc3ocnc23)c(Cl)c1. The maximum absolute atomic E-state index is 11.4. The van der Waals surface area contributed by atoms with Gasteiger partial charge in [0.1, 0.15) is 12.2 Å². The molecule has 1 N–H and O–H groups in total. The van der Waals surface area contributed by atoms with Crippen molar-refractivity contribution in [1.82, 2.24) is 4.98 Å². The number of halogens is 1. The molecule has 1 amide bonds. The van der Waals surface area contributed by atoms with E-state index in [1.165, 1.54) is 6.39 Å². The van der Waals surface area contributed by atoms with Crippen LogP contribution in [0.2, 0.25) is 5.02 Å². The van der Waals surface area contributed by atoms with Gasteiger partial charge in [0.2, 0.25) is 5.91 Å². The molecule has 3 rings (SSSR count). The minimum Gasteiger partial charge on any atom is -0.453 e. The summed E-state index contributed by atoms with van der Waals surface area (Å²) in [7, 11) is 0. The number of hydrogen-bond donors (Lipinski definition) is 1. The van der Waals surface area contributed by atoms with E-state index >= 15 is 0 Å². The summed E-state index contributed by atoms with van der Waals surface area (Å²) in [6.07, 6.45) is 1.12. The van der Waals surface area contributed by atoms with Gasteiger partial charge in [-0.1, -0.05) is 17.7 Å². The summed E-state index contributed by atoms with van der Waals surface area (Å²) < 4.78 is 11.0. The van der Waals surface area contributed by atoms with Crippen molar-refractivity contribution >= 4 is 34.3 Å². The van der Waals surface area contributed by atoms with Crippen molar-refractivity contribution in [2.75, 3.05) is 5.32 Å². The number of anilines is 1.